The Balaban J connectivity index is 2.17. The van der Waals surface area contributed by atoms with Crippen LogP contribution in [0.1, 0.15) is 12.8 Å². The second kappa shape index (κ2) is 5.17. The van der Waals surface area contributed by atoms with E-state index in [0.717, 1.165) is 4.90 Å². The number of methoxy groups -OCH3 is 1. The highest BCUT2D eigenvalue weighted by atomic mass is 16.5. The predicted octanol–water partition coefficient (Wildman–Crippen LogP) is 0.837. The van der Waals surface area contributed by atoms with Crippen molar-refractivity contribution in [2.75, 3.05) is 25.2 Å². The van der Waals surface area contributed by atoms with Gasteiger partial charge in [0.15, 0.2) is 0 Å². The van der Waals surface area contributed by atoms with Crippen molar-refractivity contribution in [3.63, 3.8) is 0 Å². The van der Waals surface area contributed by atoms with Gasteiger partial charge in [-0.15, -0.1) is 0 Å². The van der Waals surface area contributed by atoms with Gasteiger partial charge in [-0.3, -0.25) is 14.5 Å². The maximum atomic E-state index is 12.0. The van der Waals surface area contributed by atoms with Crippen molar-refractivity contribution in [2.45, 2.75) is 18.9 Å². The fourth-order valence-electron chi connectivity index (χ4n) is 2.02. The number of amides is 2. The molecule has 0 bridgehead atoms. The Bertz CT molecular complexity index is 516. The number of nitrogens with one attached hydrogen (secondary N) is 1. The van der Waals surface area contributed by atoms with E-state index in [9.17, 15) is 9.59 Å². The van der Waals surface area contributed by atoms with Gasteiger partial charge in [0.1, 0.15) is 11.8 Å². The molecule has 0 aromatic heterocycles. The van der Waals surface area contributed by atoms with Crippen LogP contribution in [0, 0.1) is 0 Å². The number of likely N-dealkylation sites (tertiary alicyclic amines) is 1. The normalized spacial score (nSPS) is 19.5. The third kappa shape index (κ3) is 2.62. The summed E-state index contributed by atoms with van der Waals surface area (Å²) in [5.41, 5.74) is 7.03. The molecule has 1 heterocycles. The average molecular weight is 263 g/mol. The molecule has 6 nitrogen and oxygen atoms in total. The summed E-state index contributed by atoms with van der Waals surface area (Å²) in [6, 6.07) is 4.76. The number of hydrogen-bond acceptors (Lipinski definition) is 5. The summed E-state index contributed by atoms with van der Waals surface area (Å²) in [7, 11) is 3.06. The Morgan fingerprint density at radius 2 is 2.16 bits per heavy atom. The highest BCUT2D eigenvalue weighted by Crippen LogP contribution is 2.26. The van der Waals surface area contributed by atoms with E-state index in [1.165, 1.54) is 7.05 Å². The van der Waals surface area contributed by atoms with Gasteiger partial charge in [-0.1, -0.05) is 0 Å². The molecule has 1 unspecified atom stereocenters. The number of ether oxygens (including phenoxy) is 1. The van der Waals surface area contributed by atoms with Crippen LogP contribution in [0.25, 0.3) is 0 Å². The van der Waals surface area contributed by atoms with Gasteiger partial charge in [0, 0.05) is 19.5 Å². The molecule has 19 heavy (non-hydrogen) atoms. The maximum absolute atomic E-state index is 12.0. The minimum absolute atomic E-state index is 0.151. The quantitative estimate of drug-likeness (QED) is 0.623. The number of rotatable bonds is 3. The maximum Gasteiger partial charge on any atom is 0.251 e. The summed E-state index contributed by atoms with van der Waals surface area (Å²) in [4.78, 5) is 24.5. The fraction of sp³-hybridized carbons (Fsp3) is 0.385. The Morgan fingerprint density at radius 1 is 1.42 bits per heavy atom. The van der Waals surface area contributed by atoms with E-state index in [4.69, 9.17) is 10.5 Å². The van der Waals surface area contributed by atoms with Gasteiger partial charge in [-0.05, 0) is 18.6 Å². The topological polar surface area (TPSA) is 84.7 Å². The molecule has 1 aliphatic heterocycles. The summed E-state index contributed by atoms with van der Waals surface area (Å²) in [6.45, 7) is 0. The highest BCUT2D eigenvalue weighted by molar-refractivity contribution is 6.01. The molecule has 0 aliphatic carbocycles. The summed E-state index contributed by atoms with van der Waals surface area (Å²) in [6.07, 6.45) is 0.822. The number of imide groups is 1. The first-order chi connectivity index (χ1) is 9.02. The number of carbonyl (C=O) groups excluding carboxylic acids is 2. The van der Waals surface area contributed by atoms with E-state index < -0.39 is 6.04 Å². The van der Waals surface area contributed by atoms with Crippen molar-refractivity contribution < 1.29 is 14.3 Å². The van der Waals surface area contributed by atoms with Gasteiger partial charge < -0.3 is 15.8 Å². The van der Waals surface area contributed by atoms with Crippen molar-refractivity contribution in [3.05, 3.63) is 18.2 Å². The Hall–Kier alpha value is -2.24. The molecule has 1 fully saturated rings. The molecular formula is C13H17N3O3. The van der Waals surface area contributed by atoms with Crippen LogP contribution in [-0.2, 0) is 9.59 Å². The van der Waals surface area contributed by atoms with E-state index >= 15 is 0 Å². The third-order valence-electron chi connectivity index (χ3n) is 3.24. The Labute approximate surface area is 111 Å². The van der Waals surface area contributed by atoms with Crippen molar-refractivity contribution in [1.29, 1.82) is 0 Å². The van der Waals surface area contributed by atoms with Crippen LogP contribution < -0.4 is 15.8 Å². The van der Waals surface area contributed by atoms with Crippen LogP contribution in [0.3, 0.4) is 0 Å². The first-order valence-corrected chi connectivity index (χ1v) is 6.03. The molecular weight excluding hydrogens is 246 g/mol. The van der Waals surface area contributed by atoms with E-state index in [-0.39, 0.29) is 11.8 Å². The highest BCUT2D eigenvalue weighted by Gasteiger charge is 2.31. The number of nitrogen functional groups attached to an aromatic ring is 1. The number of nitrogens with two attached hydrogens (primary N) is 1. The zero-order chi connectivity index (χ0) is 14.0. The van der Waals surface area contributed by atoms with Crippen LogP contribution in [0.15, 0.2) is 18.2 Å². The molecule has 0 saturated carbocycles. The Morgan fingerprint density at radius 3 is 2.84 bits per heavy atom. The molecule has 102 valence electrons. The van der Waals surface area contributed by atoms with Gasteiger partial charge in [0.05, 0.1) is 18.5 Å². The summed E-state index contributed by atoms with van der Waals surface area (Å²) < 4.78 is 5.12. The minimum Gasteiger partial charge on any atom is -0.497 e. The van der Waals surface area contributed by atoms with Gasteiger partial charge in [-0.2, -0.15) is 0 Å². The van der Waals surface area contributed by atoms with E-state index in [0.29, 0.717) is 30.0 Å². The molecule has 1 atom stereocenters. The van der Waals surface area contributed by atoms with Gasteiger partial charge >= 0.3 is 0 Å². The lowest BCUT2D eigenvalue weighted by molar-refractivity contribution is -0.146. The lowest BCUT2D eigenvalue weighted by Crippen LogP contribution is -2.48. The van der Waals surface area contributed by atoms with Gasteiger partial charge in [-0.25, -0.2) is 0 Å². The first-order valence-electron chi connectivity index (χ1n) is 6.03. The number of anilines is 2. The van der Waals surface area contributed by atoms with E-state index in [2.05, 4.69) is 5.32 Å². The second-order valence-electron chi connectivity index (χ2n) is 4.48. The minimum atomic E-state index is -0.433. The van der Waals surface area contributed by atoms with Crippen molar-refractivity contribution >= 4 is 23.2 Å². The molecule has 3 N–H and O–H groups in total. The van der Waals surface area contributed by atoms with Crippen LogP contribution >= 0.6 is 0 Å². The number of carbonyl (C=O) groups is 2. The standard InChI is InChI=1S/C13H17N3O3/c1-16-12(17)6-5-10(13(16)18)15-11-7-8(19-2)3-4-9(11)14/h3-4,7,10,15H,5-6,14H2,1-2H3. The van der Waals surface area contributed by atoms with Crippen LogP contribution in [0.4, 0.5) is 11.4 Å². The summed E-state index contributed by atoms with van der Waals surface area (Å²) >= 11 is 0. The van der Waals surface area contributed by atoms with Gasteiger partial charge in [0.25, 0.3) is 5.91 Å². The molecule has 6 heteroatoms. The SMILES string of the molecule is COc1ccc(N)c(NC2CCC(=O)N(C)C2=O)c1. The molecule has 1 aromatic carbocycles. The predicted molar refractivity (Wildman–Crippen MR) is 71.8 cm³/mol. The molecule has 2 rings (SSSR count). The number of nitrogens with zero attached hydrogens (tertiary/aromatic N) is 1. The van der Waals surface area contributed by atoms with Crippen LogP contribution in [-0.4, -0.2) is 36.9 Å². The monoisotopic (exact) mass is 263 g/mol. The Kier molecular flexibility index (Phi) is 3.59. The van der Waals surface area contributed by atoms with E-state index in [1.807, 2.05) is 0 Å². The lowest BCUT2D eigenvalue weighted by atomic mass is 10.0. The number of piperidine rings is 1. The van der Waals surface area contributed by atoms with Crippen LogP contribution in [0.5, 0.6) is 5.75 Å². The summed E-state index contributed by atoms with van der Waals surface area (Å²) in [5.74, 6) is 0.268. The van der Waals surface area contributed by atoms with Gasteiger partial charge in [0.2, 0.25) is 5.91 Å². The number of benzene rings is 1. The molecule has 1 aliphatic rings. The zero-order valence-corrected chi connectivity index (χ0v) is 11.0. The third-order valence-corrected chi connectivity index (χ3v) is 3.24. The van der Waals surface area contributed by atoms with E-state index in [1.54, 1.807) is 25.3 Å². The zero-order valence-electron chi connectivity index (χ0n) is 11.0. The molecule has 0 radical (unpaired) electrons. The number of hydrogen-bond donors (Lipinski definition) is 2. The average Bonchev–Trinajstić information content (AvgIpc) is 2.41. The first kappa shape index (κ1) is 13.2. The number of likely N-dealkylation sites (N-methyl/N-ethyl adjacent to an activating group) is 1. The van der Waals surface area contributed by atoms with Crippen molar-refractivity contribution in [2.24, 2.45) is 0 Å². The fourth-order valence-corrected chi connectivity index (χ4v) is 2.02. The van der Waals surface area contributed by atoms with Crippen LogP contribution in [0.2, 0.25) is 0 Å². The second-order valence-corrected chi connectivity index (χ2v) is 4.48. The lowest BCUT2D eigenvalue weighted by Gasteiger charge is -2.29. The van der Waals surface area contributed by atoms with Crippen molar-refractivity contribution in [3.8, 4) is 5.75 Å². The largest absolute Gasteiger partial charge is 0.497 e. The summed E-state index contributed by atoms with van der Waals surface area (Å²) in [5, 5.41) is 3.08. The smallest absolute Gasteiger partial charge is 0.251 e. The molecule has 2 amide bonds. The van der Waals surface area contributed by atoms with Crippen molar-refractivity contribution in [1.82, 2.24) is 4.90 Å². The molecule has 0 spiro atoms. The molecule has 1 aromatic rings. The molecule has 1 saturated heterocycles.